The van der Waals surface area contributed by atoms with Gasteiger partial charge in [-0.2, -0.15) is 0 Å². The second-order valence-corrected chi connectivity index (χ2v) is 6.20. The van der Waals surface area contributed by atoms with Crippen molar-refractivity contribution in [3.05, 3.63) is 54.5 Å². The first-order valence-electron chi connectivity index (χ1n) is 8.59. The van der Waals surface area contributed by atoms with Gasteiger partial charge in [0.2, 0.25) is 5.91 Å². The molecular weight excluding hydrogens is 318 g/mol. The smallest absolute Gasteiger partial charge is 0.226 e. The molecule has 130 valence electrons. The molecule has 0 saturated carbocycles. The average Bonchev–Trinajstić information content (AvgIpc) is 3.32. The van der Waals surface area contributed by atoms with E-state index in [9.17, 15) is 4.79 Å². The maximum atomic E-state index is 12.5. The van der Waals surface area contributed by atoms with Crippen LogP contribution in [-0.4, -0.2) is 37.5 Å². The number of hydrogen-bond donors (Lipinski definition) is 1. The fraction of sp³-hybridized carbons (Fsp3) is 0.389. The summed E-state index contributed by atoms with van der Waals surface area (Å²) in [4.78, 5) is 21.4. The molecule has 0 radical (unpaired) electrons. The molecule has 0 aliphatic carbocycles. The molecule has 25 heavy (non-hydrogen) atoms. The van der Waals surface area contributed by atoms with Crippen molar-refractivity contribution >= 4 is 11.6 Å². The molecule has 3 aromatic rings. The molecule has 2 atom stereocenters. The van der Waals surface area contributed by atoms with E-state index in [0.29, 0.717) is 6.61 Å². The predicted molar refractivity (Wildman–Crippen MR) is 92.0 cm³/mol. The molecule has 1 saturated heterocycles. The van der Waals surface area contributed by atoms with Gasteiger partial charge in [-0.25, -0.2) is 9.97 Å². The Kier molecular flexibility index (Phi) is 4.23. The molecule has 1 N–H and O–H groups in total. The number of fused-ring (bicyclic) bond motifs is 1. The van der Waals surface area contributed by atoms with E-state index >= 15 is 0 Å². The van der Waals surface area contributed by atoms with Gasteiger partial charge in [-0.3, -0.25) is 4.79 Å². The Morgan fingerprint density at radius 1 is 1.40 bits per heavy atom. The molecule has 0 unspecified atom stereocenters. The molecule has 3 aromatic heterocycles. The molecule has 0 spiro atoms. The quantitative estimate of drug-likeness (QED) is 0.768. The molecule has 1 amide bonds. The molecule has 0 bridgehead atoms. The summed E-state index contributed by atoms with van der Waals surface area (Å²) in [5, 5.41) is 3.09. The van der Waals surface area contributed by atoms with Crippen molar-refractivity contribution in [3.8, 4) is 0 Å². The highest BCUT2D eigenvalue weighted by Gasteiger charge is 2.33. The van der Waals surface area contributed by atoms with Crippen molar-refractivity contribution in [1.82, 2.24) is 24.3 Å². The third-order valence-electron chi connectivity index (χ3n) is 4.54. The Hall–Kier alpha value is -2.67. The van der Waals surface area contributed by atoms with Crippen LogP contribution in [0.25, 0.3) is 5.65 Å². The van der Waals surface area contributed by atoms with Crippen LogP contribution in [0.4, 0.5) is 0 Å². The number of pyridine rings is 1. The minimum Gasteiger partial charge on any atom is -0.368 e. The number of nitrogens with one attached hydrogen (secondary N) is 1. The molecule has 4 heterocycles. The first-order valence-corrected chi connectivity index (χ1v) is 8.59. The van der Waals surface area contributed by atoms with Crippen molar-refractivity contribution in [1.29, 1.82) is 0 Å². The van der Waals surface area contributed by atoms with Gasteiger partial charge in [-0.15, -0.1) is 0 Å². The molecule has 4 rings (SSSR count). The molecule has 7 nitrogen and oxygen atoms in total. The third-order valence-corrected chi connectivity index (χ3v) is 4.54. The number of hydrogen-bond acceptors (Lipinski definition) is 4. The number of carbonyl (C=O) groups excluding carboxylic acids is 1. The third kappa shape index (κ3) is 3.15. The van der Waals surface area contributed by atoms with E-state index < -0.39 is 0 Å². The summed E-state index contributed by atoms with van der Waals surface area (Å²) >= 11 is 0. The number of ether oxygens (including phenoxy) is 1. The monoisotopic (exact) mass is 339 g/mol. The summed E-state index contributed by atoms with van der Waals surface area (Å²) in [6, 6.07) is 5.74. The number of carbonyl (C=O) groups is 1. The SMILES string of the molecule is CCn1ccnc1[C@H]1OCC[C@@H]1NC(=O)Cc1cn2ccccc2n1. The highest BCUT2D eigenvalue weighted by Crippen LogP contribution is 2.28. The van der Waals surface area contributed by atoms with Crippen molar-refractivity contribution < 1.29 is 9.53 Å². The Labute approximate surface area is 145 Å². The van der Waals surface area contributed by atoms with Gasteiger partial charge < -0.3 is 19.0 Å². The van der Waals surface area contributed by atoms with Crippen LogP contribution < -0.4 is 5.32 Å². The summed E-state index contributed by atoms with van der Waals surface area (Å²) in [5.74, 6) is 0.830. The molecule has 1 fully saturated rings. The lowest BCUT2D eigenvalue weighted by Crippen LogP contribution is -2.38. The fourth-order valence-corrected chi connectivity index (χ4v) is 3.33. The normalized spacial score (nSPS) is 20.2. The summed E-state index contributed by atoms with van der Waals surface area (Å²) in [5.41, 5.74) is 1.60. The topological polar surface area (TPSA) is 73.5 Å². The second kappa shape index (κ2) is 6.68. The van der Waals surface area contributed by atoms with Crippen LogP contribution in [-0.2, 0) is 22.5 Å². The lowest BCUT2D eigenvalue weighted by atomic mass is 10.1. The van der Waals surface area contributed by atoms with Crippen molar-refractivity contribution in [2.45, 2.75) is 38.5 Å². The van der Waals surface area contributed by atoms with Crippen molar-refractivity contribution in [2.24, 2.45) is 0 Å². The zero-order valence-corrected chi connectivity index (χ0v) is 14.1. The maximum Gasteiger partial charge on any atom is 0.226 e. The summed E-state index contributed by atoms with van der Waals surface area (Å²) < 4.78 is 9.81. The molecule has 7 heteroatoms. The van der Waals surface area contributed by atoms with Gasteiger partial charge in [0.25, 0.3) is 0 Å². The zero-order valence-electron chi connectivity index (χ0n) is 14.1. The van der Waals surface area contributed by atoms with Crippen LogP contribution in [0.3, 0.4) is 0 Å². The van der Waals surface area contributed by atoms with E-state index in [2.05, 4.69) is 26.8 Å². The average molecular weight is 339 g/mol. The van der Waals surface area contributed by atoms with Gasteiger partial charge in [0.05, 0.1) is 18.2 Å². The van der Waals surface area contributed by atoms with Gasteiger partial charge in [-0.1, -0.05) is 6.07 Å². The molecule has 1 aliphatic rings. The van der Waals surface area contributed by atoms with Crippen molar-refractivity contribution in [3.63, 3.8) is 0 Å². The van der Waals surface area contributed by atoms with Crippen LogP contribution in [0.1, 0.15) is 31.0 Å². The van der Waals surface area contributed by atoms with Crippen LogP contribution >= 0.6 is 0 Å². The Morgan fingerprint density at radius 3 is 3.16 bits per heavy atom. The van der Waals surface area contributed by atoms with Gasteiger partial charge in [-0.05, 0) is 25.5 Å². The second-order valence-electron chi connectivity index (χ2n) is 6.20. The summed E-state index contributed by atoms with van der Waals surface area (Å²) in [6.45, 7) is 3.52. The van der Waals surface area contributed by atoms with E-state index in [1.807, 2.05) is 41.2 Å². The number of imidazole rings is 2. The number of rotatable bonds is 5. The van der Waals surface area contributed by atoms with Crippen LogP contribution in [0, 0.1) is 0 Å². The standard InChI is InChI=1S/C18H21N5O2/c1-2-22-9-7-19-18(22)17-14(6-10-25-17)21-16(24)11-13-12-23-8-4-3-5-15(23)20-13/h3-5,7-9,12,14,17H,2,6,10-11H2,1H3,(H,21,24)/t14-,17-/m0/s1. The first-order chi connectivity index (χ1) is 12.2. The molecule has 1 aliphatic heterocycles. The van der Waals surface area contributed by atoms with Crippen LogP contribution in [0.2, 0.25) is 0 Å². The first kappa shape index (κ1) is 15.8. The van der Waals surface area contributed by atoms with Gasteiger partial charge >= 0.3 is 0 Å². The van der Waals surface area contributed by atoms with Crippen molar-refractivity contribution in [2.75, 3.05) is 6.61 Å². The van der Waals surface area contributed by atoms with Crippen LogP contribution in [0.15, 0.2) is 43.0 Å². The van der Waals surface area contributed by atoms with Gasteiger partial charge in [0, 0.05) is 37.9 Å². The van der Waals surface area contributed by atoms with E-state index in [-0.39, 0.29) is 24.5 Å². The number of aryl methyl sites for hydroxylation is 1. The Morgan fingerprint density at radius 2 is 2.32 bits per heavy atom. The lowest BCUT2D eigenvalue weighted by Gasteiger charge is -2.20. The fourth-order valence-electron chi connectivity index (χ4n) is 3.33. The van der Waals surface area contributed by atoms with Gasteiger partial charge in [0.1, 0.15) is 17.6 Å². The Bertz CT molecular complexity index is 851. The predicted octanol–water partition coefficient (Wildman–Crippen LogP) is 1.74. The minimum atomic E-state index is -0.194. The maximum absolute atomic E-state index is 12.5. The molecule has 0 aromatic carbocycles. The number of nitrogens with zero attached hydrogens (tertiary/aromatic N) is 4. The molecular formula is C18H21N5O2. The van der Waals surface area contributed by atoms with Crippen LogP contribution in [0.5, 0.6) is 0 Å². The van der Waals surface area contributed by atoms with E-state index in [0.717, 1.165) is 30.1 Å². The number of aromatic nitrogens is 4. The highest BCUT2D eigenvalue weighted by molar-refractivity contribution is 5.78. The number of amides is 1. The van der Waals surface area contributed by atoms with E-state index in [1.165, 1.54) is 0 Å². The van der Waals surface area contributed by atoms with E-state index in [1.54, 1.807) is 6.20 Å². The van der Waals surface area contributed by atoms with Gasteiger partial charge in [0.15, 0.2) is 0 Å². The lowest BCUT2D eigenvalue weighted by molar-refractivity contribution is -0.121. The highest BCUT2D eigenvalue weighted by atomic mass is 16.5. The largest absolute Gasteiger partial charge is 0.368 e. The van der Waals surface area contributed by atoms with E-state index in [4.69, 9.17) is 4.74 Å². The summed E-state index contributed by atoms with van der Waals surface area (Å²) in [7, 11) is 0. The minimum absolute atomic E-state index is 0.0430. The summed E-state index contributed by atoms with van der Waals surface area (Å²) in [6.07, 6.45) is 8.38. The Balaban J connectivity index is 1.44. The zero-order chi connectivity index (χ0) is 17.2.